The van der Waals surface area contributed by atoms with Gasteiger partial charge in [0.05, 0.1) is 23.5 Å². The molecule has 0 radical (unpaired) electrons. The second-order valence-corrected chi connectivity index (χ2v) is 4.46. The minimum absolute atomic E-state index is 0.0894. The third kappa shape index (κ3) is 2.54. The first-order valence-corrected chi connectivity index (χ1v) is 6.23. The summed E-state index contributed by atoms with van der Waals surface area (Å²) in [5.74, 6) is 0.805. The Hall–Kier alpha value is -1.23. The molecule has 17 heavy (non-hydrogen) atoms. The molecule has 0 saturated carbocycles. The zero-order valence-electron chi connectivity index (χ0n) is 11.2. The first kappa shape index (κ1) is 13.8. The van der Waals surface area contributed by atoms with Crippen LogP contribution in [-0.2, 0) is 13.5 Å². The summed E-state index contributed by atoms with van der Waals surface area (Å²) in [6, 6.07) is 0. The van der Waals surface area contributed by atoms with Gasteiger partial charge in [-0.1, -0.05) is 20.8 Å². The molecule has 0 aromatic carbocycles. The van der Waals surface area contributed by atoms with Gasteiger partial charge in [0.2, 0.25) is 0 Å². The van der Waals surface area contributed by atoms with Crippen LogP contribution in [0.2, 0.25) is 0 Å². The average molecular weight is 240 g/mol. The van der Waals surface area contributed by atoms with Crippen molar-refractivity contribution >= 4 is 11.5 Å². The Labute approximate surface area is 103 Å². The molecule has 0 fully saturated rings. The number of rotatable bonds is 6. The minimum atomic E-state index is -0.313. The highest BCUT2D eigenvalue weighted by Crippen LogP contribution is 2.28. The molecule has 0 aliphatic carbocycles. The molecule has 5 heteroatoms. The van der Waals surface area contributed by atoms with Gasteiger partial charge in [0.1, 0.15) is 5.82 Å². The Balaban J connectivity index is 3.05. The first-order valence-electron chi connectivity index (χ1n) is 6.23. The van der Waals surface area contributed by atoms with Crippen molar-refractivity contribution in [3.8, 4) is 0 Å². The first-order chi connectivity index (χ1) is 8.03. The van der Waals surface area contributed by atoms with E-state index in [2.05, 4.69) is 24.3 Å². The Morgan fingerprint density at radius 2 is 1.94 bits per heavy atom. The number of aromatic nitrogens is 2. The molecule has 0 spiro atoms. The second-order valence-electron chi connectivity index (χ2n) is 4.46. The van der Waals surface area contributed by atoms with Crippen molar-refractivity contribution in [2.45, 2.75) is 45.6 Å². The standard InChI is InChI=1S/C12H24N4O/c1-5-9-10(13)11(16(4)15-9)14-12(6-2,7-3)8-17/h14,17H,5-8,13H2,1-4H3. The fraction of sp³-hybridized carbons (Fsp3) is 0.750. The monoisotopic (exact) mass is 240 g/mol. The van der Waals surface area contributed by atoms with Gasteiger partial charge in [-0.2, -0.15) is 5.10 Å². The quantitative estimate of drug-likeness (QED) is 0.705. The highest BCUT2D eigenvalue weighted by atomic mass is 16.3. The molecule has 1 aromatic heterocycles. The van der Waals surface area contributed by atoms with Gasteiger partial charge in [0, 0.05) is 7.05 Å². The lowest BCUT2D eigenvalue weighted by Crippen LogP contribution is -2.41. The number of nitrogens with zero attached hydrogens (tertiary/aromatic N) is 2. The largest absolute Gasteiger partial charge is 0.394 e. The van der Waals surface area contributed by atoms with Gasteiger partial charge in [-0.3, -0.25) is 4.68 Å². The van der Waals surface area contributed by atoms with Gasteiger partial charge in [0.25, 0.3) is 0 Å². The Kier molecular flexibility index (Phi) is 4.40. The van der Waals surface area contributed by atoms with E-state index in [0.29, 0.717) is 5.69 Å². The van der Waals surface area contributed by atoms with Crippen molar-refractivity contribution < 1.29 is 5.11 Å². The van der Waals surface area contributed by atoms with E-state index < -0.39 is 0 Å². The van der Waals surface area contributed by atoms with Crippen molar-refractivity contribution in [3.63, 3.8) is 0 Å². The second kappa shape index (κ2) is 5.40. The van der Waals surface area contributed by atoms with Crippen molar-refractivity contribution in [1.82, 2.24) is 9.78 Å². The predicted molar refractivity (Wildman–Crippen MR) is 71.0 cm³/mol. The molecule has 0 aliphatic rings. The lowest BCUT2D eigenvalue weighted by Gasteiger charge is -2.31. The predicted octanol–water partition coefficient (Wildman–Crippen LogP) is 1.53. The van der Waals surface area contributed by atoms with E-state index >= 15 is 0 Å². The van der Waals surface area contributed by atoms with E-state index in [-0.39, 0.29) is 12.1 Å². The number of nitrogen functional groups attached to an aromatic ring is 1. The number of aliphatic hydroxyl groups is 1. The van der Waals surface area contributed by atoms with Crippen LogP contribution in [0.3, 0.4) is 0 Å². The molecular weight excluding hydrogens is 216 g/mol. The molecule has 0 saturated heterocycles. The maximum atomic E-state index is 9.55. The summed E-state index contributed by atoms with van der Waals surface area (Å²) in [4.78, 5) is 0. The van der Waals surface area contributed by atoms with E-state index in [4.69, 9.17) is 5.73 Å². The van der Waals surface area contributed by atoms with Crippen LogP contribution in [0.15, 0.2) is 0 Å². The van der Waals surface area contributed by atoms with Crippen LogP contribution in [-0.4, -0.2) is 27.0 Å². The minimum Gasteiger partial charge on any atom is -0.394 e. The fourth-order valence-corrected chi connectivity index (χ4v) is 1.95. The SMILES string of the molecule is CCc1nn(C)c(NC(CC)(CC)CO)c1N. The molecule has 98 valence electrons. The lowest BCUT2D eigenvalue weighted by molar-refractivity contribution is 0.202. The Bertz CT molecular complexity index is 361. The van der Waals surface area contributed by atoms with E-state index in [9.17, 15) is 5.11 Å². The number of nitrogens with one attached hydrogen (secondary N) is 1. The molecule has 0 amide bonds. The molecule has 1 heterocycles. The summed E-state index contributed by atoms with van der Waals surface area (Å²) in [5, 5.41) is 17.3. The molecular formula is C12H24N4O. The normalized spacial score (nSPS) is 11.8. The van der Waals surface area contributed by atoms with Gasteiger partial charge in [-0.05, 0) is 19.3 Å². The van der Waals surface area contributed by atoms with E-state index in [0.717, 1.165) is 30.8 Å². The topological polar surface area (TPSA) is 76.1 Å². The number of anilines is 2. The van der Waals surface area contributed by atoms with Gasteiger partial charge in [-0.15, -0.1) is 0 Å². The van der Waals surface area contributed by atoms with Crippen LogP contribution >= 0.6 is 0 Å². The van der Waals surface area contributed by atoms with Crippen LogP contribution in [0.4, 0.5) is 11.5 Å². The summed E-state index contributed by atoms with van der Waals surface area (Å²) >= 11 is 0. The van der Waals surface area contributed by atoms with E-state index in [1.807, 2.05) is 14.0 Å². The van der Waals surface area contributed by atoms with Crippen molar-refractivity contribution in [1.29, 1.82) is 0 Å². The van der Waals surface area contributed by atoms with Crippen molar-refractivity contribution in [3.05, 3.63) is 5.69 Å². The van der Waals surface area contributed by atoms with Crippen LogP contribution in [0.5, 0.6) is 0 Å². The number of nitrogens with two attached hydrogens (primary N) is 1. The van der Waals surface area contributed by atoms with Gasteiger partial charge in [-0.25, -0.2) is 0 Å². The molecule has 1 aromatic rings. The zero-order chi connectivity index (χ0) is 13.1. The third-order valence-corrected chi connectivity index (χ3v) is 3.54. The maximum absolute atomic E-state index is 9.55. The third-order valence-electron chi connectivity index (χ3n) is 3.54. The number of aryl methyl sites for hydroxylation is 2. The Morgan fingerprint density at radius 3 is 2.29 bits per heavy atom. The molecule has 0 unspecified atom stereocenters. The van der Waals surface area contributed by atoms with Crippen molar-refractivity contribution in [2.24, 2.45) is 7.05 Å². The highest BCUT2D eigenvalue weighted by molar-refractivity contribution is 5.66. The zero-order valence-corrected chi connectivity index (χ0v) is 11.2. The van der Waals surface area contributed by atoms with Crippen LogP contribution in [0.25, 0.3) is 0 Å². The van der Waals surface area contributed by atoms with E-state index in [1.165, 1.54) is 0 Å². The molecule has 4 N–H and O–H groups in total. The molecule has 1 rings (SSSR count). The summed E-state index contributed by atoms with van der Waals surface area (Å²) in [7, 11) is 1.87. The number of hydrogen-bond donors (Lipinski definition) is 3. The summed E-state index contributed by atoms with van der Waals surface area (Å²) < 4.78 is 1.75. The summed E-state index contributed by atoms with van der Waals surface area (Å²) in [6.45, 7) is 6.23. The number of hydrogen-bond acceptors (Lipinski definition) is 4. The molecule has 0 atom stereocenters. The Morgan fingerprint density at radius 1 is 1.35 bits per heavy atom. The summed E-state index contributed by atoms with van der Waals surface area (Å²) in [6.07, 6.45) is 2.49. The van der Waals surface area contributed by atoms with Crippen molar-refractivity contribution in [2.75, 3.05) is 17.7 Å². The highest BCUT2D eigenvalue weighted by Gasteiger charge is 2.27. The smallest absolute Gasteiger partial charge is 0.148 e. The maximum Gasteiger partial charge on any atom is 0.148 e. The van der Waals surface area contributed by atoms with Crippen LogP contribution in [0, 0.1) is 0 Å². The number of aliphatic hydroxyl groups excluding tert-OH is 1. The van der Waals surface area contributed by atoms with Crippen LogP contribution in [0.1, 0.15) is 39.3 Å². The molecule has 0 bridgehead atoms. The average Bonchev–Trinajstić information content (AvgIpc) is 2.62. The summed E-state index contributed by atoms with van der Waals surface area (Å²) in [5.41, 5.74) is 7.33. The van der Waals surface area contributed by atoms with Gasteiger partial charge >= 0.3 is 0 Å². The van der Waals surface area contributed by atoms with E-state index in [1.54, 1.807) is 4.68 Å². The van der Waals surface area contributed by atoms with Gasteiger partial charge < -0.3 is 16.2 Å². The molecule has 0 aliphatic heterocycles. The molecule has 5 nitrogen and oxygen atoms in total. The van der Waals surface area contributed by atoms with Crippen LogP contribution < -0.4 is 11.1 Å². The fourth-order valence-electron chi connectivity index (χ4n) is 1.95. The lowest BCUT2D eigenvalue weighted by atomic mass is 9.94. The van der Waals surface area contributed by atoms with Gasteiger partial charge in [0.15, 0.2) is 0 Å².